The van der Waals surface area contributed by atoms with Crippen molar-refractivity contribution in [2.45, 2.75) is 44.4 Å². The van der Waals surface area contributed by atoms with Gasteiger partial charge in [0, 0.05) is 30.8 Å². The van der Waals surface area contributed by atoms with E-state index in [2.05, 4.69) is 15.3 Å². The molecule has 0 saturated heterocycles. The van der Waals surface area contributed by atoms with Crippen molar-refractivity contribution in [3.63, 3.8) is 0 Å². The van der Waals surface area contributed by atoms with E-state index in [1.807, 2.05) is 43.5 Å². The number of hydrogen-bond donors (Lipinski definition) is 2. The molecule has 1 amide bonds. The Morgan fingerprint density at radius 1 is 1.33 bits per heavy atom. The summed E-state index contributed by atoms with van der Waals surface area (Å²) in [7, 11) is 0. The van der Waals surface area contributed by atoms with Crippen LogP contribution >= 0.6 is 11.8 Å². The fourth-order valence-corrected chi connectivity index (χ4v) is 3.11. The number of amides is 1. The van der Waals surface area contributed by atoms with Gasteiger partial charge in [0.25, 0.3) is 5.56 Å². The molecule has 7 heteroatoms. The molecule has 0 aliphatic rings. The largest absolute Gasteiger partial charge is 0.374 e. The van der Waals surface area contributed by atoms with E-state index in [1.54, 1.807) is 6.92 Å². The zero-order valence-electron chi connectivity index (χ0n) is 16.1. The lowest BCUT2D eigenvalue weighted by Gasteiger charge is -2.13. The molecule has 2 aromatic rings. The number of nitrogens with zero attached hydrogens (tertiary/aromatic N) is 1. The van der Waals surface area contributed by atoms with Crippen LogP contribution in [-0.4, -0.2) is 35.3 Å². The number of thioether (sulfide) groups is 1. The Morgan fingerprint density at radius 2 is 2.07 bits per heavy atom. The maximum absolute atomic E-state index is 12.1. The minimum Gasteiger partial charge on any atom is -0.374 e. The van der Waals surface area contributed by atoms with E-state index in [0.29, 0.717) is 36.0 Å². The van der Waals surface area contributed by atoms with Crippen molar-refractivity contribution in [3.05, 3.63) is 57.5 Å². The quantitative estimate of drug-likeness (QED) is 0.371. The van der Waals surface area contributed by atoms with Gasteiger partial charge in [0.1, 0.15) is 0 Å². The summed E-state index contributed by atoms with van der Waals surface area (Å²) < 4.78 is 5.79. The first kappa shape index (κ1) is 21.2. The summed E-state index contributed by atoms with van der Waals surface area (Å²) in [4.78, 5) is 31.1. The number of aromatic amines is 1. The molecule has 1 aromatic carbocycles. The number of carbonyl (C=O) groups is 1. The lowest BCUT2D eigenvalue weighted by atomic mass is 10.1. The van der Waals surface area contributed by atoms with Crippen molar-refractivity contribution in [2.75, 3.05) is 19.4 Å². The molecule has 2 N–H and O–H groups in total. The summed E-state index contributed by atoms with van der Waals surface area (Å²) in [5.74, 6) is -0.0705. The molecule has 1 aromatic heterocycles. The predicted octanol–water partition coefficient (Wildman–Crippen LogP) is 3.02. The van der Waals surface area contributed by atoms with Crippen molar-refractivity contribution in [3.8, 4) is 0 Å². The molecule has 0 bridgehead atoms. The molecule has 1 atom stereocenters. The Labute approximate surface area is 164 Å². The number of aryl methyl sites for hydroxylation is 1. The van der Waals surface area contributed by atoms with Gasteiger partial charge in [-0.1, -0.05) is 42.1 Å². The highest BCUT2D eigenvalue weighted by Gasteiger charge is 2.10. The molecule has 0 saturated carbocycles. The fourth-order valence-electron chi connectivity index (χ4n) is 2.68. The highest BCUT2D eigenvalue weighted by molar-refractivity contribution is 7.98. The lowest BCUT2D eigenvalue weighted by Crippen LogP contribution is -2.27. The molecular formula is C20H27N3O3S. The van der Waals surface area contributed by atoms with Gasteiger partial charge in [-0.3, -0.25) is 9.59 Å². The molecule has 2 rings (SSSR count). The summed E-state index contributed by atoms with van der Waals surface area (Å²) in [6.45, 7) is 4.95. The number of H-pyrrole nitrogens is 1. The Kier molecular flexibility index (Phi) is 8.54. The van der Waals surface area contributed by atoms with Crippen molar-refractivity contribution in [1.82, 2.24) is 15.3 Å². The monoisotopic (exact) mass is 389 g/mol. The van der Waals surface area contributed by atoms with Crippen LogP contribution in [0, 0.1) is 6.92 Å². The van der Waals surface area contributed by atoms with E-state index in [-0.39, 0.29) is 24.0 Å². The van der Waals surface area contributed by atoms with E-state index in [1.165, 1.54) is 11.8 Å². The van der Waals surface area contributed by atoms with Gasteiger partial charge >= 0.3 is 0 Å². The maximum Gasteiger partial charge on any atom is 0.254 e. The standard InChI is InChI=1S/C20H27N3O3S/c1-14-17(19(25)23-20(22-14)27-3)10-11-18(24)21-12-7-13-26-15(2)16-8-5-4-6-9-16/h4-6,8-9,15H,7,10-13H2,1-3H3,(H,21,24)(H,22,23,25). The summed E-state index contributed by atoms with van der Waals surface area (Å²) in [5.41, 5.74) is 2.23. The van der Waals surface area contributed by atoms with Gasteiger partial charge in [0.15, 0.2) is 5.16 Å². The first-order valence-electron chi connectivity index (χ1n) is 9.08. The van der Waals surface area contributed by atoms with Crippen LogP contribution in [0.15, 0.2) is 40.3 Å². The third-order valence-electron chi connectivity index (χ3n) is 4.28. The molecule has 6 nitrogen and oxygen atoms in total. The van der Waals surface area contributed by atoms with Crippen LogP contribution in [0.2, 0.25) is 0 Å². The van der Waals surface area contributed by atoms with Gasteiger partial charge < -0.3 is 15.0 Å². The van der Waals surface area contributed by atoms with Crippen molar-refractivity contribution in [2.24, 2.45) is 0 Å². The second-order valence-electron chi connectivity index (χ2n) is 6.27. The third kappa shape index (κ3) is 6.84. The molecule has 1 unspecified atom stereocenters. The summed E-state index contributed by atoms with van der Waals surface area (Å²) >= 11 is 1.39. The lowest BCUT2D eigenvalue weighted by molar-refractivity contribution is -0.121. The van der Waals surface area contributed by atoms with Gasteiger partial charge in [-0.2, -0.15) is 0 Å². The third-order valence-corrected chi connectivity index (χ3v) is 4.86. The summed E-state index contributed by atoms with van der Waals surface area (Å²) in [6.07, 6.45) is 3.29. The Morgan fingerprint density at radius 3 is 2.74 bits per heavy atom. The molecule has 0 aliphatic heterocycles. The molecular weight excluding hydrogens is 362 g/mol. The van der Waals surface area contributed by atoms with E-state index in [4.69, 9.17) is 4.74 Å². The number of rotatable bonds is 10. The van der Waals surface area contributed by atoms with E-state index in [9.17, 15) is 9.59 Å². The van der Waals surface area contributed by atoms with Crippen LogP contribution in [0.5, 0.6) is 0 Å². The molecule has 0 radical (unpaired) electrons. The zero-order chi connectivity index (χ0) is 19.6. The average molecular weight is 390 g/mol. The zero-order valence-corrected chi connectivity index (χ0v) is 16.9. The number of hydrogen-bond acceptors (Lipinski definition) is 5. The van der Waals surface area contributed by atoms with Crippen LogP contribution in [0.25, 0.3) is 0 Å². The van der Waals surface area contributed by atoms with Crippen molar-refractivity contribution < 1.29 is 9.53 Å². The van der Waals surface area contributed by atoms with Gasteiger partial charge in [-0.15, -0.1) is 0 Å². The normalized spacial score (nSPS) is 12.0. The molecule has 0 spiro atoms. The topological polar surface area (TPSA) is 84.1 Å². The smallest absolute Gasteiger partial charge is 0.254 e. The Bertz CT molecular complexity index is 793. The van der Waals surface area contributed by atoms with E-state index < -0.39 is 0 Å². The second kappa shape index (κ2) is 10.9. The molecule has 1 heterocycles. The van der Waals surface area contributed by atoms with Crippen LogP contribution in [0.3, 0.4) is 0 Å². The minimum absolute atomic E-state index is 0.0355. The van der Waals surface area contributed by atoms with E-state index >= 15 is 0 Å². The molecule has 0 fully saturated rings. The number of benzene rings is 1. The second-order valence-corrected chi connectivity index (χ2v) is 7.06. The van der Waals surface area contributed by atoms with Crippen molar-refractivity contribution >= 4 is 17.7 Å². The minimum atomic E-state index is -0.164. The first-order valence-corrected chi connectivity index (χ1v) is 10.3. The Hall–Kier alpha value is -2.12. The maximum atomic E-state index is 12.1. The molecule has 146 valence electrons. The number of carbonyl (C=O) groups excluding carboxylic acids is 1. The van der Waals surface area contributed by atoms with Gasteiger partial charge in [-0.25, -0.2) is 4.98 Å². The van der Waals surface area contributed by atoms with Gasteiger partial charge in [0.2, 0.25) is 5.91 Å². The van der Waals surface area contributed by atoms with Gasteiger partial charge in [0.05, 0.1) is 6.10 Å². The Balaban J connectivity index is 1.66. The van der Waals surface area contributed by atoms with Crippen LogP contribution in [0.4, 0.5) is 0 Å². The summed E-state index contributed by atoms with van der Waals surface area (Å²) in [6, 6.07) is 10.0. The first-order chi connectivity index (χ1) is 13.0. The highest BCUT2D eigenvalue weighted by Crippen LogP contribution is 2.15. The molecule has 0 aliphatic carbocycles. The predicted molar refractivity (Wildman–Crippen MR) is 108 cm³/mol. The highest BCUT2D eigenvalue weighted by atomic mass is 32.2. The number of aromatic nitrogens is 2. The van der Waals surface area contributed by atoms with E-state index in [0.717, 1.165) is 12.0 Å². The SMILES string of the molecule is CSc1nc(C)c(CCC(=O)NCCCOC(C)c2ccccc2)c(=O)[nH]1. The fraction of sp³-hybridized carbons (Fsp3) is 0.450. The number of nitrogens with one attached hydrogen (secondary N) is 2. The summed E-state index contributed by atoms with van der Waals surface area (Å²) in [5, 5.41) is 3.47. The average Bonchev–Trinajstić information content (AvgIpc) is 2.67. The van der Waals surface area contributed by atoms with Crippen LogP contribution in [-0.2, 0) is 16.0 Å². The molecule has 27 heavy (non-hydrogen) atoms. The van der Waals surface area contributed by atoms with Crippen LogP contribution in [0.1, 0.15) is 42.7 Å². The van der Waals surface area contributed by atoms with Gasteiger partial charge in [-0.05, 0) is 38.5 Å². The van der Waals surface area contributed by atoms with Crippen molar-refractivity contribution in [1.29, 1.82) is 0 Å². The number of ether oxygens (including phenoxy) is 1. The van der Waals surface area contributed by atoms with Crippen LogP contribution < -0.4 is 10.9 Å².